The Morgan fingerprint density at radius 2 is 1.70 bits per heavy atom. The zero-order valence-corrected chi connectivity index (χ0v) is 18.3. The molecule has 9 heteroatoms. The molecular weight excluding hydrogens is 428 g/mol. The van der Waals surface area contributed by atoms with Crippen molar-refractivity contribution in [2.24, 2.45) is 0 Å². The lowest BCUT2D eigenvalue weighted by Gasteiger charge is -2.16. The van der Waals surface area contributed by atoms with Gasteiger partial charge in [-0.25, -0.2) is 13.2 Å². The van der Waals surface area contributed by atoms with Gasteiger partial charge in [0.25, 0.3) is 5.91 Å². The van der Waals surface area contributed by atoms with Gasteiger partial charge in [-0.05, 0) is 68.1 Å². The largest absolute Gasteiger partial charge is 0.452 e. The van der Waals surface area contributed by atoms with Gasteiger partial charge in [-0.3, -0.25) is 4.79 Å². The lowest BCUT2D eigenvalue weighted by Crippen LogP contribution is -2.28. The van der Waals surface area contributed by atoms with Crippen molar-refractivity contribution in [2.75, 3.05) is 25.0 Å². The number of rotatable bonds is 6. The number of ether oxygens (including phenoxy) is 1. The molecule has 2 aromatic carbocycles. The molecule has 1 saturated heterocycles. The van der Waals surface area contributed by atoms with Crippen LogP contribution in [0.3, 0.4) is 0 Å². The van der Waals surface area contributed by atoms with E-state index in [-0.39, 0.29) is 15.5 Å². The van der Waals surface area contributed by atoms with Gasteiger partial charge >= 0.3 is 5.97 Å². The highest BCUT2D eigenvalue weighted by atomic mass is 35.5. The van der Waals surface area contributed by atoms with E-state index in [1.54, 1.807) is 12.1 Å². The van der Waals surface area contributed by atoms with Crippen molar-refractivity contribution in [2.45, 2.75) is 31.6 Å². The molecule has 1 heterocycles. The van der Waals surface area contributed by atoms with E-state index in [0.29, 0.717) is 18.8 Å². The maximum Gasteiger partial charge on any atom is 0.340 e. The minimum atomic E-state index is -3.70. The van der Waals surface area contributed by atoms with E-state index < -0.39 is 28.5 Å². The average molecular weight is 451 g/mol. The number of hydrogen-bond donors (Lipinski definition) is 1. The second-order valence-corrected chi connectivity index (χ2v) is 9.60. The fourth-order valence-electron chi connectivity index (χ4n) is 3.35. The number of carbonyl (C=O) groups excluding carboxylic acids is 2. The number of halogens is 1. The molecule has 3 rings (SSSR count). The van der Waals surface area contributed by atoms with Crippen molar-refractivity contribution in [3.63, 3.8) is 0 Å². The molecule has 0 saturated carbocycles. The summed E-state index contributed by atoms with van der Waals surface area (Å²) in [5.41, 5.74) is 2.48. The molecule has 30 heavy (non-hydrogen) atoms. The Morgan fingerprint density at radius 1 is 1.07 bits per heavy atom. The van der Waals surface area contributed by atoms with Crippen LogP contribution in [0, 0.1) is 13.8 Å². The maximum atomic E-state index is 12.7. The van der Waals surface area contributed by atoms with Crippen molar-refractivity contribution >= 4 is 39.2 Å². The van der Waals surface area contributed by atoms with E-state index in [0.717, 1.165) is 24.0 Å². The molecule has 0 spiro atoms. The zero-order chi connectivity index (χ0) is 21.9. The summed E-state index contributed by atoms with van der Waals surface area (Å²) in [6, 6.07) is 9.48. The number of nitrogens with zero attached hydrogens (tertiary/aromatic N) is 1. The van der Waals surface area contributed by atoms with E-state index in [1.807, 2.05) is 19.9 Å². The van der Waals surface area contributed by atoms with E-state index in [2.05, 4.69) is 5.32 Å². The summed E-state index contributed by atoms with van der Waals surface area (Å²) in [4.78, 5) is 24.5. The molecular formula is C21H23ClN2O5S. The smallest absolute Gasteiger partial charge is 0.340 e. The monoisotopic (exact) mass is 450 g/mol. The minimum absolute atomic E-state index is 0.0274. The summed E-state index contributed by atoms with van der Waals surface area (Å²) in [6.07, 6.45) is 1.61. The van der Waals surface area contributed by atoms with Crippen LogP contribution in [0.15, 0.2) is 41.3 Å². The highest BCUT2D eigenvalue weighted by Gasteiger charge is 2.28. The van der Waals surface area contributed by atoms with Gasteiger partial charge in [0.05, 0.1) is 15.5 Å². The number of sulfonamides is 1. The SMILES string of the molecule is Cc1cc(C)cc(NC(=O)COC(=O)c2cc(S(=O)(=O)N3CCCC3)ccc2Cl)c1. The molecule has 0 bridgehead atoms. The lowest BCUT2D eigenvalue weighted by atomic mass is 10.1. The average Bonchev–Trinajstić information content (AvgIpc) is 3.21. The van der Waals surface area contributed by atoms with Crippen LogP contribution in [-0.4, -0.2) is 44.3 Å². The molecule has 0 aliphatic carbocycles. The van der Waals surface area contributed by atoms with Crippen molar-refractivity contribution in [1.29, 1.82) is 0 Å². The second-order valence-electron chi connectivity index (χ2n) is 7.25. The van der Waals surface area contributed by atoms with Crippen LogP contribution in [0.25, 0.3) is 0 Å². The van der Waals surface area contributed by atoms with Gasteiger partial charge in [0.15, 0.2) is 6.61 Å². The first-order valence-electron chi connectivity index (χ1n) is 9.52. The van der Waals surface area contributed by atoms with Crippen molar-refractivity contribution in [3.05, 3.63) is 58.1 Å². The molecule has 1 fully saturated rings. The quantitative estimate of drug-likeness (QED) is 0.679. The van der Waals surface area contributed by atoms with Gasteiger partial charge in [-0.1, -0.05) is 17.7 Å². The molecule has 0 radical (unpaired) electrons. The predicted molar refractivity (Wildman–Crippen MR) is 114 cm³/mol. The van der Waals surface area contributed by atoms with Crippen molar-refractivity contribution < 1.29 is 22.7 Å². The summed E-state index contributed by atoms with van der Waals surface area (Å²) in [7, 11) is -3.70. The standard InChI is InChI=1S/C21H23ClN2O5S/c1-14-9-15(2)11-16(10-14)23-20(25)13-29-21(26)18-12-17(5-6-19(18)22)30(27,28)24-7-3-4-8-24/h5-6,9-12H,3-4,7-8,13H2,1-2H3,(H,23,25). The Bertz CT molecular complexity index is 1060. The van der Waals surface area contributed by atoms with Crippen LogP contribution in [0.2, 0.25) is 5.02 Å². The topological polar surface area (TPSA) is 92.8 Å². The van der Waals surface area contributed by atoms with Gasteiger partial charge in [-0.2, -0.15) is 4.31 Å². The summed E-state index contributed by atoms with van der Waals surface area (Å²) in [5, 5.41) is 2.72. The van der Waals surface area contributed by atoms with Gasteiger partial charge < -0.3 is 10.1 Å². The first-order chi connectivity index (χ1) is 14.2. The van der Waals surface area contributed by atoms with Crippen LogP contribution >= 0.6 is 11.6 Å². The Morgan fingerprint density at radius 3 is 2.33 bits per heavy atom. The number of benzene rings is 2. The number of amides is 1. The summed E-state index contributed by atoms with van der Waals surface area (Å²) in [5.74, 6) is -1.38. The molecule has 1 N–H and O–H groups in total. The van der Waals surface area contributed by atoms with Crippen LogP contribution in [0.4, 0.5) is 5.69 Å². The minimum Gasteiger partial charge on any atom is -0.452 e. The fraction of sp³-hybridized carbons (Fsp3) is 0.333. The molecule has 0 atom stereocenters. The fourth-order valence-corrected chi connectivity index (χ4v) is 5.09. The molecule has 2 aromatic rings. The van der Waals surface area contributed by atoms with E-state index in [9.17, 15) is 18.0 Å². The maximum absolute atomic E-state index is 12.7. The van der Waals surface area contributed by atoms with E-state index >= 15 is 0 Å². The Hall–Kier alpha value is -2.42. The first-order valence-corrected chi connectivity index (χ1v) is 11.3. The van der Waals surface area contributed by atoms with Crippen LogP contribution in [0.1, 0.15) is 34.3 Å². The van der Waals surface area contributed by atoms with Crippen LogP contribution in [0.5, 0.6) is 0 Å². The van der Waals surface area contributed by atoms with Gasteiger partial charge in [0.1, 0.15) is 0 Å². The highest BCUT2D eigenvalue weighted by Crippen LogP contribution is 2.26. The van der Waals surface area contributed by atoms with E-state index in [4.69, 9.17) is 16.3 Å². The molecule has 1 aliphatic rings. The Labute approximate surface area is 181 Å². The second kappa shape index (κ2) is 9.16. The summed E-state index contributed by atoms with van der Waals surface area (Å²) >= 11 is 6.07. The summed E-state index contributed by atoms with van der Waals surface area (Å²) in [6.45, 7) is 4.19. The van der Waals surface area contributed by atoms with Gasteiger partial charge in [-0.15, -0.1) is 0 Å². The number of hydrogen-bond acceptors (Lipinski definition) is 5. The number of aryl methyl sites for hydroxylation is 2. The van der Waals surface area contributed by atoms with Gasteiger partial charge in [0, 0.05) is 18.8 Å². The molecule has 0 aromatic heterocycles. The molecule has 0 unspecified atom stereocenters. The number of esters is 1. The predicted octanol–water partition coefficient (Wildman–Crippen LogP) is 3.54. The molecule has 1 aliphatic heterocycles. The Balaban J connectivity index is 1.68. The highest BCUT2D eigenvalue weighted by molar-refractivity contribution is 7.89. The molecule has 7 nitrogen and oxygen atoms in total. The molecule has 1 amide bonds. The number of anilines is 1. The van der Waals surface area contributed by atoms with Gasteiger partial charge in [0.2, 0.25) is 10.0 Å². The third-order valence-electron chi connectivity index (χ3n) is 4.70. The third-order valence-corrected chi connectivity index (χ3v) is 6.92. The molecule has 160 valence electrons. The Kier molecular flexibility index (Phi) is 6.80. The zero-order valence-electron chi connectivity index (χ0n) is 16.8. The van der Waals surface area contributed by atoms with Crippen molar-refractivity contribution in [1.82, 2.24) is 4.31 Å². The van der Waals surface area contributed by atoms with Crippen LogP contribution in [-0.2, 0) is 19.6 Å². The van der Waals surface area contributed by atoms with Crippen LogP contribution < -0.4 is 5.32 Å². The van der Waals surface area contributed by atoms with E-state index in [1.165, 1.54) is 22.5 Å². The summed E-state index contributed by atoms with van der Waals surface area (Å²) < 4.78 is 31.9. The normalized spacial score (nSPS) is 14.5. The lowest BCUT2D eigenvalue weighted by molar-refractivity contribution is -0.119. The first kappa shape index (κ1) is 22.3. The number of nitrogens with one attached hydrogen (secondary N) is 1. The van der Waals surface area contributed by atoms with Crippen molar-refractivity contribution in [3.8, 4) is 0 Å². The number of carbonyl (C=O) groups is 2. The third kappa shape index (κ3) is 5.19.